The van der Waals surface area contributed by atoms with Gasteiger partial charge in [0.1, 0.15) is 23.1 Å². The highest BCUT2D eigenvalue weighted by Crippen LogP contribution is 2.44. The van der Waals surface area contributed by atoms with Gasteiger partial charge in [-0.05, 0) is 54.5 Å². The summed E-state index contributed by atoms with van der Waals surface area (Å²) in [6.07, 6.45) is -0.624. The Morgan fingerprint density at radius 2 is 1.71 bits per heavy atom. The first-order valence-electron chi connectivity index (χ1n) is 10.9. The van der Waals surface area contributed by atoms with Crippen molar-refractivity contribution < 1.29 is 22.3 Å². The number of furan rings is 1. The summed E-state index contributed by atoms with van der Waals surface area (Å²) in [7, 11) is -2.30. The van der Waals surface area contributed by atoms with E-state index in [4.69, 9.17) is 13.9 Å². The summed E-state index contributed by atoms with van der Waals surface area (Å²) < 4.78 is 47.1. The molecule has 0 N–H and O–H groups in total. The molecule has 34 heavy (non-hydrogen) atoms. The number of benzene rings is 3. The van der Waals surface area contributed by atoms with Crippen LogP contribution in [-0.4, -0.2) is 28.7 Å². The molecule has 2 heterocycles. The lowest BCUT2D eigenvalue weighted by atomic mass is 10.0. The summed E-state index contributed by atoms with van der Waals surface area (Å²) in [6, 6.07) is 21.7. The molecule has 0 saturated heterocycles. The van der Waals surface area contributed by atoms with Gasteiger partial charge in [-0.15, -0.1) is 0 Å². The normalized spacial score (nSPS) is 16.7. The summed E-state index contributed by atoms with van der Waals surface area (Å²) in [4.78, 5) is 0.213. The number of para-hydroxylation sites is 1. The van der Waals surface area contributed by atoms with E-state index in [9.17, 15) is 8.42 Å². The average Bonchev–Trinajstić information content (AvgIpc) is 3.20. The number of methoxy groups -OCH3 is 1. The van der Waals surface area contributed by atoms with Gasteiger partial charge >= 0.3 is 0 Å². The number of nitrogens with zero attached hydrogens (tertiary/aromatic N) is 1. The third kappa shape index (κ3) is 3.87. The summed E-state index contributed by atoms with van der Waals surface area (Å²) in [5.74, 6) is 1.15. The zero-order valence-corrected chi connectivity index (χ0v) is 19.8. The average molecular weight is 476 g/mol. The SMILES string of the molecule is C=C1COC(c2ccc(OC)cc2)c2oc3ccccc3c2N(S(=O)(=O)c2ccc(C)cc2)C1. The van der Waals surface area contributed by atoms with E-state index < -0.39 is 16.1 Å². The summed E-state index contributed by atoms with van der Waals surface area (Å²) >= 11 is 0. The molecular formula is C27H25NO5S. The molecule has 0 amide bonds. The number of sulfonamides is 1. The molecule has 0 radical (unpaired) electrons. The first-order valence-corrected chi connectivity index (χ1v) is 12.4. The lowest BCUT2D eigenvalue weighted by Gasteiger charge is -2.30. The fraction of sp³-hybridized carbons (Fsp3) is 0.185. The highest BCUT2D eigenvalue weighted by atomic mass is 32.2. The lowest BCUT2D eigenvalue weighted by molar-refractivity contribution is 0.0821. The molecule has 0 aliphatic carbocycles. The van der Waals surface area contributed by atoms with E-state index in [2.05, 4.69) is 6.58 Å². The summed E-state index contributed by atoms with van der Waals surface area (Å²) in [5, 5.41) is 0.699. The van der Waals surface area contributed by atoms with Crippen LogP contribution in [0, 0.1) is 6.92 Å². The van der Waals surface area contributed by atoms with Gasteiger partial charge in [-0.2, -0.15) is 0 Å². The fourth-order valence-electron chi connectivity index (χ4n) is 4.16. The maximum atomic E-state index is 13.9. The smallest absolute Gasteiger partial charge is 0.264 e. The fourth-order valence-corrected chi connectivity index (χ4v) is 5.68. The van der Waals surface area contributed by atoms with Gasteiger partial charge in [-0.25, -0.2) is 8.42 Å². The molecule has 5 rings (SSSR count). The largest absolute Gasteiger partial charge is 0.497 e. The first-order chi connectivity index (χ1) is 16.4. The predicted molar refractivity (Wildman–Crippen MR) is 132 cm³/mol. The Morgan fingerprint density at radius 1 is 1.00 bits per heavy atom. The van der Waals surface area contributed by atoms with Crippen LogP contribution in [0.25, 0.3) is 11.0 Å². The van der Waals surface area contributed by atoms with E-state index >= 15 is 0 Å². The van der Waals surface area contributed by atoms with Gasteiger partial charge in [0.15, 0.2) is 5.76 Å². The van der Waals surface area contributed by atoms with Crippen molar-refractivity contribution >= 4 is 26.7 Å². The maximum Gasteiger partial charge on any atom is 0.264 e. The highest BCUT2D eigenvalue weighted by Gasteiger charge is 2.36. The first kappa shape index (κ1) is 22.3. The van der Waals surface area contributed by atoms with Gasteiger partial charge in [0.2, 0.25) is 0 Å². The van der Waals surface area contributed by atoms with Crippen molar-refractivity contribution in [1.82, 2.24) is 0 Å². The van der Waals surface area contributed by atoms with Gasteiger partial charge in [0.25, 0.3) is 10.0 Å². The van der Waals surface area contributed by atoms with Crippen LogP contribution in [0.1, 0.15) is 23.0 Å². The molecule has 0 spiro atoms. The standard InChI is InChI=1S/C27H25NO5S/c1-18-8-14-22(15-9-18)34(29,30)28-16-19(2)17-32-26(20-10-12-21(31-3)13-11-20)27-25(28)23-6-4-5-7-24(23)33-27/h4-15,26H,2,16-17H2,1,3H3. The van der Waals surface area contributed by atoms with E-state index in [0.29, 0.717) is 33.7 Å². The molecule has 4 aromatic rings. The van der Waals surface area contributed by atoms with Crippen molar-refractivity contribution in [2.24, 2.45) is 0 Å². The van der Waals surface area contributed by atoms with Crippen LogP contribution >= 0.6 is 0 Å². The van der Waals surface area contributed by atoms with Crippen molar-refractivity contribution in [3.05, 3.63) is 102 Å². The number of hydrogen-bond donors (Lipinski definition) is 0. The molecule has 0 saturated carbocycles. The van der Waals surface area contributed by atoms with Crippen LogP contribution in [0.5, 0.6) is 5.75 Å². The number of fused-ring (bicyclic) bond motifs is 3. The topological polar surface area (TPSA) is 69.0 Å². The Balaban J connectivity index is 1.74. The van der Waals surface area contributed by atoms with E-state index in [1.165, 1.54) is 4.31 Å². The predicted octanol–water partition coefficient (Wildman–Crippen LogP) is 5.62. The second-order valence-corrected chi connectivity index (χ2v) is 10.2. The van der Waals surface area contributed by atoms with Crippen LogP contribution in [0.4, 0.5) is 5.69 Å². The van der Waals surface area contributed by atoms with Crippen LogP contribution < -0.4 is 9.04 Å². The maximum absolute atomic E-state index is 13.9. The number of aryl methyl sites for hydroxylation is 1. The number of ether oxygens (including phenoxy) is 2. The van der Waals surface area contributed by atoms with Crippen molar-refractivity contribution in [3.63, 3.8) is 0 Å². The van der Waals surface area contributed by atoms with Crippen LogP contribution in [-0.2, 0) is 14.8 Å². The summed E-state index contributed by atoms with van der Waals surface area (Å²) in [5.41, 5.74) is 3.51. The van der Waals surface area contributed by atoms with Gasteiger partial charge in [-0.3, -0.25) is 4.31 Å². The third-order valence-electron chi connectivity index (χ3n) is 5.93. The lowest BCUT2D eigenvalue weighted by Crippen LogP contribution is -2.35. The molecular weight excluding hydrogens is 450 g/mol. The third-order valence-corrected chi connectivity index (χ3v) is 7.69. The van der Waals surface area contributed by atoms with Crippen LogP contribution in [0.2, 0.25) is 0 Å². The highest BCUT2D eigenvalue weighted by molar-refractivity contribution is 7.92. The van der Waals surface area contributed by atoms with Gasteiger partial charge in [0.05, 0.1) is 25.2 Å². The van der Waals surface area contributed by atoms with E-state index in [1.54, 1.807) is 31.4 Å². The Kier molecular flexibility index (Phi) is 5.67. The zero-order valence-electron chi connectivity index (χ0n) is 19.0. The minimum atomic E-state index is -3.91. The summed E-state index contributed by atoms with van der Waals surface area (Å²) in [6.45, 7) is 6.29. The Bertz CT molecular complexity index is 1450. The Hall–Kier alpha value is -3.55. The quantitative estimate of drug-likeness (QED) is 0.358. The Labute approximate surface area is 199 Å². The minimum Gasteiger partial charge on any atom is -0.497 e. The molecule has 0 fully saturated rings. The molecule has 1 unspecified atom stereocenters. The number of anilines is 1. The molecule has 1 aliphatic heterocycles. The Morgan fingerprint density at radius 3 is 2.41 bits per heavy atom. The van der Waals surface area contributed by atoms with Gasteiger partial charge in [0, 0.05) is 5.39 Å². The molecule has 174 valence electrons. The second kappa shape index (κ2) is 8.66. The molecule has 0 bridgehead atoms. The molecule has 1 aromatic heterocycles. The minimum absolute atomic E-state index is 0.0854. The molecule has 1 atom stereocenters. The van der Waals surface area contributed by atoms with E-state index in [-0.39, 0.29) is 18.0 Å². The zero-order chi connectivity index (χ0) is 23.9. The molecule has 6 nitrogen and oxygen atoms in total. The van der Waals surface area contributed by atoms with Crippen molar-refractivity contribution in [3.8, 4) is 5.75 Å². The molecule has 1 aliphatic rings. The van der Waals surface area contributed by atoms with Gasteiger partial charge in [-0.1, -0.05) is 48.5 Å². The van der Waals surface area contributed by atoms with Crippen molar-refractivity contribution in [2.45, 2.75) is 17.9 Å². The molecule has 3 aromatic carbocycles. The van der Waals surface area contributed by atoms with Crippen molar-refractivity contribution in [2.75, 3.05) is 24.6 Å². The monoisotopic (exact) mass is 475 g/mol. The van der Waals surface area contributed by atoms with Crippen LogP contribution in [0.15, 0.2) is 94.3 Å². The molecule has 7 heteroatoms. The van der Waals surface area contributed by atoms with E-state index in [0.717, 1.165) is 11.1 Å². The van der Waals surface area contributed by atoms with Crippen molar-refractivity contribution in [1.29, 1.82) is 0 Å². The van der Waals surface area contributed by atoms with E-state index in [1.807, 2.05) is 55.5 Å². The van der Waals surface area contributed by atoms with Crippen LogP contribution in [0.3, 0.4) is 0 Å². The number of hydrogen-bond acceptors (Lipinski definition) is 5. The van der Waals surface area contributed by atoms with Gasteiger partial charge < -0.3 is 13.9 Å². The number of rotatable bonds is 4. The second-order valence-electron chi connectivity index (χ2n) is 8.35.